The molecule has 0 spiro atoms. The van der Waals surface area contributed by atoms with E-state index in [2.05, 4.69) is 63.6 Å². The minimum Gasteiger partial charge on any atom is -0.372 e. The summed E-state index contributed by atoms with van der Waals surface area (Å²) < 4.78 is 0. The molecule has 1 fully saturated rings. The molecule has 1 saturated heterocycles. The predicted octanol–water partition coefficient (Wildman–Crippen LogP) is 4.29. The maximum absolute atomic E-state index is 12.4. The first-order chi connectivity index (χ1) is 13.5. The van der Waals surface area contributed by atoms with Gasteiger partial charge in [0.25, 0.3) is 5.91 Å². The molecule has 6 nitrogen and oxygen atoms in total. The molecule has 3 rings (SSSR count). The lowest BCUT2D eigenvalue weighted by atomic mass is 10.1. The summed E-state index contributed by atoms with van der Waals surface area (Å²) in [6.07, 6.45) is 4.81. The van der Waals surface area contributed by atoms with Gasteiger partial charge in [-0.15, -0.1) is 0 Å². The number of nitrogens with zero attached hydrogens (tertiary/aromatic N) is 3. The summed E-state index contributed by atoms with van der Waals surface area (Å²) in [7, 11) is 0. The number of hydrogen-bond acceptors (Lipinski definition) is 5. The number of carbonyl (C=O) groups is 1. The Morgan fingerprint density at radius 1 is 1.11 bits per heavy atom. The highest BCUT2D eigenvalue weighted by molar-refractivity contribution is 5.93. The molecule has 0 atom stereocenters. The van der Waals surface area contributed by atoms with Crippen LogP contribution in [0.15, 0.2) is 30.3 Å². The standard InChI is InChI=1S/C22H31N5O/c1-16(2)11-12-23-22(28)20-15-21(25-17(3)24-20)26-18-7-9-19(10-8-18)27-13-5-4-6-14-27/h7-10,15-16H,4-6,11-14H2,1-3H3,(H,23,28)(H,24,25,26). The van der Waals surface area contributed by atoms with Crippen molar-refractivity contribution in [2.75, 3.05) is 29.9 Å². The van der Waals surface area contributed by atoms with Crippen LogP contribution in [0.1, 0.15) is 55.8 Å². The lowest BCUT2D eigenvalue weighted by molar-refractivity contribution is 0.0946. The second kappa shape index (κ2) is 9.53. The minimum absolute atomic E-state index is 0.158. The third-order valence-corrected chi connectivity index (χ3v) is 4.94. The molecule has 1 aromatic carbocycles. The van der Waals surface area contributed by atoms with Crippen molar-refractivity contribution in [3.05, 3.63) is 41.9 Å². The van der Waals surface area contributed by atoms with Crippen molar-refractivity contribution in [3.63, 3.8) is 0 Å². The second-order valence-electron chi connectivity index (χ2n) is 7.84. The highest BCUT2D eigenvalue weighted by atomic mass is 16.1. The molecule has 0 aliphatic carbocycles. The van der Waals surface area contributed by atoms with E-state index in [1.54, 1.807) is 13.0 Å². The van der Waals surface area contributed by atoms with Gasteiger partial charge in [0.05, 0.1) is 0 Å². The molecule has 0 bridgehead atoms. The fourth-order valence-corrected chi connectivity index (χ4v) is 3.37. The van der Waals surface area contributed by atoms with Gasteiger partial charge in [0.1, 0.15) is 17.3 Å². The number of hydrogen-bond donors (Lipinski definition) is 2. The van der Waals surface area contributed by atoms with Crippen LogP contribution in [0.2, 0.25) is 0 Å². The first-order valence-corrected chi connectivity index (χ1v) is 10.3. The molecule has 1 amide bonds. The van der Waals surface area contributed by atoms with Gasteiger partial charge in [-0.1, -0.05) is 13.8 Å². The van der Waals surface area contributed by atoms with Crippen molar-refractivity contribution in [1.29, 1.82) is 0 Å². The van der Waals surface area contributed by atoms with Crippen LogP contribution in [0.5, 0.6) is 0 Å². The summed E-state index contributed by atoms with van der Waals surface area (Å²) in [5, 5.41) is 6.22. The molecular weight excluding hydrogens is 350 g/mol. The number of nitrogens with one attached hydrogen (secondary N) is 2. The van der Waals surface area contributed by atoms with Gasteiger partial charge in [-0.05, 0) is 62.8 Å². The fourth-order valence-electron chi connectivity index (χ4n) is 3.37. The first kappa shape index (κ1) is 20.1. The summed E-state index contributed by atoms with van der Waals surface area (Å²) in [5.41, 5.74) is 2.60. The number of piperidine rings is 1. The van der Waals surface area contributed by atoms with Gasteiger partial charge in [0.15, 0.2) is 0 Å². The number of aryl methyl sites for hydroxylation is 1. The van der Waals surface area contributed by atoms with Crippen molar-refractivity contribution < 1.29 is 4.79 Å². The second-order valence-corrected chi connectivity index (χ2v) is 7.84. The lowest BCUT2D eigenvalue weighted by Gasteiger charge is -2.28. The van der Waals surface area contributed by atoms with Crippen LogP contribution in [0.25, 0.3) is 0 Å². The monoisotopic (exact) mass is 381 g/mol. The van der Waals surface area contributed by atoms with E-state index in [1.807, 2.05) is 0 Å². The molecule has 0 radical (unpaired) electrons. The zero-order valence-electron chi connectivity index (χ0n) is 17.2. The van der Waals surface area contributed by atoms with Gasteiger partial charge >= 0.3 is 0 Å². The average molecular weight is 382 g/mol. The predicted molar refractivity (Wildman–Crippen MR) is 114 cm³/mol. The first-order valence-electron chi connectivity index (χ1n) is 10.3. The summed E-state index contributed by atoms with van der Waals surface area (Å²) in [4.78, 5) is 23.5. The molecule has 1 aliphatic rings. The molecule has 6 heteroatoms. The van der Waals surface area contributed by atoms with E-state index in [0.29, 0.717) is 29.8 Å². The minimum atomic E-state index is -0.158. The molecule has 0 saturated carbocycles. The van der Waals surface area contributed by atoms with Crippen LogP contribution < -0.4 is 15.5 Å². The van der Waals surface area contributed by atoms with Crippen molar-refractivity contribution >= 4 is 23.1 Å². The quantitative estimate of drug-likeness (QED) is 0.748. The Bertz CT molecular complexity index is 782. The van der Waals surface area contributed by atoms with E-state index in [0.717, 1.165) is 25.2 Å². The van der Waals surface area contributed by atoms with Crippen LogP contribution in [0.4, 0.5) is 17.2 Å². The van der Waals surface area contributed by atoms with Crippen LogP contribution >= 0.6 is 0 Å². The van der Waals surface area contributed by atoms with Gasteiger partial charge in [-0.3, -0.25) is 4.79 Å². The number of benzene rings is 1. The van der Waals surface area contributed by atoms with Crippen LogP contribution in [0.3, 0.4) is 0 Å². The molecule has 28 heavy (non-hydrogen) atoms. The van der Waals surface area contributed by atoms with Crippen LogP contribution in [-0.2, 0) is 0 Å². The Balaban J connectivity index is 1.65. The van der Waals surface area contributed by atoms with Gasteiger partial charge in [-0.2, -0.15) is 0 Å². The molecule has 0 unspecified atom stereocenters. The third kappa shape index (κ3) is 5.68. The van der Waals surface area contributed by atoms with Crippen molar-refractivity contribution in [1.82, 2.24) is 15.3 Å². The molecule has 1 aromatic heterocycles. The van der Waals surface area contributed by atoms with Gasteiger partial charge in [0.2, 0.25) is 0 Å². The van der Waals surface area contributed by atoms with Crippen molar-refractivity contribution in [2.45, 2.75) is 46.5 Å². The van der Waals surface area contributed by atoms with E-state index in [4.69, 9.17) is 0 Å². The summed E-state index contributed by atoms with van der Waals surface area (Å²) >= 11 is 0. The maximum Gasteiger partial charge on any atom is 0.270 e. The zero-order chi connectivity index (χ0) is 19.9. The van der Waals surface area contributed by atoms with E-state index < -0.39 is 0 Å². The Morgan fingerprint density at radius 3 is 2.50 bits per heavy atom. The fraction of sp³-hybridized carbons (Fsp3) is 0.500. The number of aromatic nitrogens is 2. The normalized spacial score (nSPS) is 14.2. The smallest absolute Gasteiger partial charge is 0.270 e. The number of anilines is 3. The van der Waals surface area contributed by atoms with Gasteiger partial charge in [0, 0.05) is 37.1 Å². The lowest BCUT2D eigenvalue weighted by Crippen LogP contribution is -2.29. The SMILES string of the molecule is Cc1nc(Nc2ccc(N3CCCCC3)cc2)cc(C(=O)NCCC(C)C)n1. The topological polar surface area (TPSA) is 70.2 Å². The van der Waals surface area contributed by atoms with Gasteiger partial charge < -0.3 is 15.5 Å². The number of carbonyl (C=O) groups excluding carboxylic acids is 1. The Hall–Kier alpha value is -2.63. The van der Waals surface area contributed by atoms with E-state index in [1.165, 1.54) is 24.9 Å². The Kier molecular flexibility index (Phi) is 6.85. The number of rotatable bonds is 7. The van der Waals surface area contributed by atoms with Crippen LogP contribution in [-0.4, -0.2) is 35.5 Å². The average Bonchev–Trinajstić information content (AvgIpc) is 2.68. The zero-order valence-corrected chi connectivity index (χ0v) is 17.2. The summed E-state index contributed by atoms with van der Waals surface area (Å²) in [5.74, 6) is 1.60. The van der Waals surface area contributed by atoms with E-state index >= 15 is 0 Å². The highest BCUT2D eigenvalue weighted by Gasteiger charge is 2.12. The van der Waals surface area contributed by atoms with E-state index in [-0.39, 0.29) is 5.91 Å². The molecule has 2 heterocycles. The number of amides is 1. The Labute approximate surface area is 167 Å². The summed E-state index contributed by atoms with van der Waals surface area (Å²) in [6.45, 7) is 9.00. The van der Waals surface area contributed by atoms with Crippen molar-refractivity contribution in [2.24, 2.45) is 5.92 Å². The molecule has 2 aromatic rings. The Morgan fingerprint density at radius 2 is 1.82 bits per heavy atom. The summed E-state index contributed by atoms with van der Waals surface area (Å²) in [6, 6.07) is 10.1. The van der Waals surface area contributed by atoms with Gasteiger partial charge in [-0.25, -0.2) is 9.97 Å². The largest absolute Gasteiger partial charge is 0.372 e. The highest BCUT2D eigenvalue weighted by Crippen LogP contribution is 2.23. The van der Waals surface area contributed by atoms with Crippen molar-refractivity contribution in [3.8, 4) is 0 Å². The molecule has 2 N–H and O–H groups in total. The molecule has 1 aliphatic heterocycles. The molecular formula is C22H31N5O. The third-order valence-electron chi connectivity index (χ3n) is 4.94. The molecule has 150 valence electrons. The van der Waals surface area contributed by atoms with Crippen LogP contribution in [0, 0.1) is 12.8 Å². The van der Waals surface area contributed by atoms with E-state index in [9.17, 15) is 4.79 Å². The maximum atomic E-state index is 12.4.